The van der Waals surface area contributed by atoms with Gasteiger partial charge in [-0.2, -0.15) is 5.10 Å². The van der Waals surface area contributed by atoms with Gasteiger partial charge < -0.3 is 14.2 Å². The Kier molecular flexibility index (Phi) is 9.43. The summed E-state index contributed by atoms with van der Waals surface area (Å²) >= 11 is 3.39. The average Bonchev–Trinajstić information content (AvgIpc) is 2.85. The van der Waals surface area contributed by atoms with Gasteiger partial charge in [-0.1, -0.05) is 13.8 Å². The summed E-state index contributed by atoms with van der Waals surface area (Å²) in [5.41, 5.74) is 1.19. The van der Waals surface area contributed by atoms with E-state index in [2.05, 4.69) is 21.0 Å². The van der Waals surface area contributed by atoms with Crippen molar-refractivity contribution in [3.05, 3.63) is 15.9 Å². The first-order valence-corrected chi connectivity index (χ1v) is 9.06. The minimum absolute atomic E-state index is 0.134. The summed E-state index contributed by atoms with van der Waals surface area (Å²) in [4.78, 5) is 12.0. The highest BCUT2D eigenvalue weighted by atomic mass is 79.9. The minimum atomic E-state index is -0.376. The molecule has 6 nitrogen and oxygen atoms in total. The number of carbonyl (C=O) groups is 1. The molecule has 132 valence electrons. The highest BCUT2D eigenvalue weighted by molar-refractivity contribution is 9.10. The molecule has 0 bridgehead atoms. The van der Waals surface area contributed by atoms with Crippen molar-refractivity contribution in [2.45, 2.75) is 59.8 Å². The molecule has 1 unspecified atom stereocenters. The Labute approximate surface area is 146 Å². The summed E-state index contributed by atoms with van der Waals surface area (Å²) in [7, 11) is 0. The number of rotatable bonds is 6. The van der Waals surface area contributed by atoms with E-state index in [4.69, 9.17) is 14.2 Å². The number of hydrogen-bond donors (Lipinski definition) is 0. The van der Waals surface area contributed by atoms with Gasteiger partial charge in [0.25, 0.3) is 0 Å². The van der Waals surface area contributed by atoms with Crippen LogP contribution < -0.4 is 0 Å². The zero-order valence-corrected chi connectivity index (χ0v) is 16.0. The molecule has 0 amide bonds. The van der Waals surface area contributed by atoms with Crippen LogP contribution >= 0.6 is 15.9 Å². The number of aryl methyl sites for hydroxylation is 1. The molecule has 1 aliphatic rings. The first-order chi connectivity index (χ1) is 11.1. The number of carbonyl (C=O) groups excluding carboxylic acids is 1. The summed E-state index contributed by atoms with van der Waals surface area (Å²) in [6, 6.07) is 0. The summed E-state index contributed by atoms with van der Waals surface area (Å²) in [6.45, 7) is 9.65. The molecule has 7 heteroatoms. The molecule has 0 spiro atoms. The molecule has 0 radical (unpaired) electrons. The Balaban J connectivity index is 0.00000127. The third-order valence-corrected chi connectivity index (χ3v) is 4.22. The second kappa shape index (κ2) is 10.8. The minimum Gasteiger partial charge on any atom is -0.461 e. The Morgan fingerprint density at radius 2 is 2.17 bits per heavy atom. The van der Waals surface area contributed by atoms with E-state index in [1.165, 1.54) is 0 Å². The Morgan fingerprint density at radius 1 is 1.43 bits per heavy atom. The number of hydrogen-bond acceptors (Lipinski definition) is 5. The van der Waals surface area contributed by atoms with Gasteiger partial charge in [0.05, 0.1) is 29.9 Å². The largest absolute Gasteiger partial charge is 0.461 e. The SMILES string of the molecule is CC.CCOC(=O)c1c(Br)c(C)nn1CCOC1CCCCO1. The van der Waals surface area contributed by atoms with Gasteiger partial charge in [0.2, 0.25) is 0 Å². The molecule has 2 rings (SSSR count). The summed E-state index contributed by atoms with van der Waals surface area (Å²) in [6.07, 6.45) is 3.01. The van der Waals surface area contributed by atoms with Crippen molar-refractivity contribution in [3.8, 4) is 0 Å². The summed E-state index contributed by atoms with van der Waals surface area (Å²) in [5.74, 6) is -0.376. The van der Waals surface area contributed by atoms with Crippen LogP contribution in [0.1, 0.15) is 56.2 Å². The second-order valence-electron chi connectivity index (χ2n) is 4.86. The van der Waals surface area contributed by atoms with E-state index in [1.54, 1.807) is 11.6 Å². The normalized spacial score (nSPS) is 17.3. The standard InChI is InChI=1S/C14H21BrN2O4.C2H6/c1-3-19-14(18)13-12(15)10(2)16-17(13)7-9-21-11-6-4-5-8-20-11;1-2/h11H,3-9H2,1-2H3;1-2H3. The fourth-order valence-corrected chi connectivity index (χ4v) is 2.67. The van der Waals surface area contributed by atoms with Gasteiger partial charge >= 0.3 is 5.97 Å². The van der Waals surface area contributed by atoms with Crippen LogP contribution in [0.4, 0.5) is 0 Å². The van der Waals surface area contributed by atoms with Crippen LogP contribution in [-0.4, -0.2) is 41.9 Å². The van der Waals surface area contributed by atoms with Crippen LogP contribution in [-0.2, 0) is 20.8 Å². The van der Waals surface area contributed by atoms with E-state index in [0.717, 1.165) is 31.6 Å². The molecule has 1 aliphatic heterocycles. The molecular weight excluding hydrogens is 364 g/mol. The lowest BCUT2D eigenvalue weighted by Gasteiger charge is -2.22. The van der Waals surface area contributed by atoms with Crippen molar-refractivity contribution in [3.63, 3.8) is 0 Å². The topological polar surface area (TPSA) is 62.6 Å². The molecule has 0 aromatic carbocycles. The van der Waals surface area contributed by atoms with Crippen LogP contribution in [0.25, 0.3) is 0 Å². The second-order valence-corrected chi connectivity index (χ2v) is 5.65. The van der Waals surface area contributed by atoms with E-state index >= 15 is 0 Å². The highest BCUT2D eigenvalue weighted by Crippen LogP contribution is 2.22. The van der Waals surface area contributed by atoms with E-state index in [1.807, 2.05) is 20.8 Å². The predicted octanol–water partition coefficient (Wildman–Crippen LogP) is 3.70. The molecule has 1 atom stereocenters. The monoisotopic (exact) mass is 390 g/mol. The summed E-state index contributed by atoms with van der Waals surface area (Å²) in [5, 5.41) is 4.34. The maximum Gasteiger partial charge on any atom is 0.357 e. The third kappa shape index (κ3) is 5.90. The molecule has 1 aromatic heterocycles. The van der Waals surface area contributed by atoms with Gasteiger partial charge in [0.1, 0.15) is 0 Å². The van der Waals surface area contributed by atoms with Crippen molar-refractivity contribution in [2.24, 2.45) is 0 Å². The van der Waals surface area contributed by atoms with Crippen molar-refractivity contribution in [1.82, 2.24) is 9.78 Å². The Morgan fingerprint density at radius 3 is 2.78 bits per heavy atom. The lowest BCUT2D eigenvalue weighted by atomic mass is 10.2. The summed E-state index contributed by atoms with van der Waals surface area (Å²) < 4.78 is 18.6. The van der Waals surface area contributed by atoms with Gasteiger partial charge in [0, 0.05) is 6.61 Å². The first-order valence-electron chi connectivity index (χ1n) is 8.26. The van der Waals surface area contributed by atoms with Crippen molar-refractivity contribution in [1.29, 1.82) is 0 Å². The third-order valence-electron chi connectivity index (χ3n) is 3.27. The van der Waals surface area contributed by atoms with Crippen molar-refractivity contribution in [2.75, 3.05) is 19.8 Å². The molecule has 1 fully saturated rings. The quantitative estimate of drug-likeness (QED) is 0.692. The zero-order chi connectivity index (χ0) is 17.2. The van der Waals surface area contributed by atoms with Crippen LogP contribution in [0.5, 0.6) is 0 Å². The Bertz CT molecular complexity index is 485. The molecular formula is C16H27BrN2O4. The predicted molar refractivity (Wildman–Crippen MR) is 91.5 cm³/mol. The van der Waals surface area contributed by atoms with E-state index in [-0.39, 0.29) is 12.3 Å². The number of nitrogens with zero attached hydrogens (tertiary/aromatic N) is 2. The number of ether oxygens (including phenoxy) is 3. The smallest absolute Gasteiger partial charge is 0.357 e. The fourth-order valence-electron chi connectivity index (χ4n) is 2.23. The van der Waals surface area contributed by atoms with E-state index < -0.39 is 0 Å². The zero-order valence-electron chi connectivity index (χ0n) is 14.4. The van der Waals surface area contributed by atoms with Crippen LogP contribution in [0.2, 0.25) is 0 Å². The molecule has 0 aliphatic carbocycles. The first kappa shape index (κ1) is 20.1. The van der Waals surface area contributed by atoms with Crippen LogP contribution in [0.15, 0.2) is 4.47 Å². The van der Waals surface area contributed by atoms with Gasteiger partial charge in [-0.3, -0.25) is 4.68 Å². The molecule has 1 aromatic rings. The average molecular weight is 391 g/mol. The van der Waals surface area contributed by atoms with E-state index in [0.29, 0.717) is 29.9 Å². The maximum absolute atomic E-state index is 12.0. The Hall–Kier alpha value is -0.920. The van der Waals surface area contributed by atoms with Crippen molar-refractivity contribution >= 4 is 21.9 Å². The lowest BCUT2D eigenvalue weighted by molar-refractivity contribution is -0.163. The lowest BCUT2D eigenvalue weighted by Crippen LogP contribution is -2.25. The number of aromatic nitrogens is 2. The van der Waals surface area contributed by atoms with Gasteiger partial charge in [0.15, 0.2) is 12.0 Å². The maximum atomic E-state index is 12.0. The van der Waals surface area contributed by atoms with Crippen LogP contribution in [0, 0.1) is 6.92 Å². The highest BCUT2D eigenvalue weighted by Gasteiger charge is 2.21. The molecule has 0 saturated carbocycles. The number of esters is 1. The van der Waals surface area contributed by atoms with Gasteiger partial charge in [-0.25, -0.2) is 4.79 Å². The van der Waals surface area contributed by atoms with Crippen molar-refractivity contribution < 1.29 is 19.0 Å². The number of halogens is 1. The van der Waals surface area contributed by atoms with Gasteiger partial charge in [-0.05, 0) is 49.0 Å². The fraction of sp³-hybridized carbons (Fsp3) is 0.750. The molecule has 1 saturated heterocycles. The molecule has 0 N–H and O–H groups in total. The molecule has 23 heavy (non-hydrogen) atoms. The van der Waals surface area contributed by atoms with Gasteiger partial charge in [-0.15, -0.1) is 0 Å². The van der Waals surface area contributed by atoms with E-state index in [9.17, 15) is 4.79 Å². The van der Waals surface area contributed by atoms with Crippen LogP contribution in [0.3, 0.4) is 0 Å². The molecule has 2 heterocycles.